The van der Waals surface area contributed by atoms with E-state index in [2.05, 4.69) is 39.1 Å². The largest absolute Gasteiger partial charge is 0.462 e. The Morgan fingerprint density at radius 1 is 0.938 bits per heavy atom. The van der Waals surface area contributed by atoms with Gasteiger partial charge >= 0.3 is 5.97 Å². The van der Waals surface area contributed by atoms with E-state index in [1.54, 1.807) is 0 Å². The predicted octanol–water partition coefficient (Wildman–Crippen LogP) is 6.17. The quantitative estimate of drug-likeness (QED) is 0.554. The van der Waals surface area contributed by atoms with Crippen LogP contribution in [0.5, 0.6) is 0 Å². The zero-order chi connectivity index (χ0) is 22.9. The Balaban J connectivity index is 1.33. The molecular formula is C28H35NO3. The van der Waals surface area contributed by atoms with Crippen LogP contribution < -0.4 is 5.32 Å². The number of carbonyl (C=O) groups excluding carboxylic acids is 2. The van der Waals surface area contributed by atoms with E-state index in [1.807, 2.05) is 36.4 Å². The van der Waals surface area contributed by atoms with Crippen molar-refractivity contribution in [3.63, 3.8) is 0 Å². The maximum absolute atomic E-state index is 12.7. The molecular weight excluding hydrogens is 398 g/mol. The summed E-state index contributed by atoms with van der Waals surface area (Å²) >= 11 is 0. The highest BCUT2D eigenvalue weighted by Crippen LogP contribution is 2.45. The van der Waals surface area contributed by atoms with E-state index in [9.17, 15) is 9.59 Å². The van der Waals surface area contributed by atoms with Crippen molar-refractivity contribution < 1.29 is 14.3 Å². The maximum atomic E-state index is 12.7. The van der Waals surface area contributed by atoms with Gasteiger partial charge in [-0.25, -0.2) is 4.79 Å². The van der Waals surface area contributed by atoms with Crippen molar-refractivity contribution in [1.82, 2.24) is 0 Å². The molecule has 0 atom stereocenters. The minimum absolute atomic E-state index is 0.0664. The third-order valence-corrected chi connectivity index (χ3v) is 7.41. The zero-order valence-electron chi connectivity index (χ0n) is 19.8. The molecule has 4 rings (SSSR count). The van der Waals surface area contributed by atoms with Gasteiger partial charge in [0.15, 0.2) is 0 Å². The number of amides is 1. The Labute approximate surface area is 191 Å². The van der Waals surface area contributed by atoms with Crippen LogP contribution in [0.2, 0.25) is 0 Å². The topological polar surface area (TPSA) is 55.4 Å². The SMILES string of the molecule is CC1(C)CCC(C)(C)c2cc(C(=O)OCCc3ccc(NC(=O)C4CCC4)cc3)ccc21. The lowest BCUT2D eigenvalue weighted by Crippen LogP contribution is -2.34. The lowest BCUT2D eigenvalue weighted by Gasteiger charge is -2.41. The van der Waals surface area contributed by atoms with Gasteiger partial charge in [0.25, 0.3) is 0 Å². The van der Waals surface area contributed by atoms with Gasteiger partial charge in [-0.1, -0.05) is 52.3 Å². The lowest BCUT2D eigenvalue weighted by atomic mass is 9.63. The number of carbonyl (C=O) groups is 2. The molecule has 4 nitrogen and oxygen atoms in total. The van der Waals surface area contributed by atoms with Gasteiger partial charge in [-0.15, -0.1) is 0 Å². The first-order valence-electron chi connectivity index (χ1n) is 11.9. The van der Waals surface area contributed by atoms with E-state index in [0.29, 0.717) is 18.6 Å². The minimum Gasteiger partial charge on any atom is -0.462 e. The van der Waals surface area contributed by atoms with Gasteiger partial charge in [0.1, 0.15) is 0 Å². The standard InChI is InChI=1S/C28H35NO3/c1-27(2)15-16-28(3,4)24-18-21(10-13-23(24)27)26(31)32-17-14-19-8-11-22(12-9-19)29-25(30)20-6-5-7-20/h8-13,18,20H,5-7,14-17H2,1-4H3,(H,29,30). The summed E-state index contributed by atoms with van der Waals surface area (Å²) < 4.78 is 5.58. The normalized spacial score (nSPS) is 18.9. The molecule has 0 aromatic heterocycles. The number of nitrogens with one attached hydrogen (secondary N) is 1. The number of ether oxygens (including phenoxy) is 1. The van der Waals surface area contributed by atoms with Crippen LogP contribution >= 0.6 is 0 Å². The number of benzene rings is 2. The summed E-state index contributed by atoms with van der Waals surface area (Å²) in [6, 6.07) is 13.9. The summed E-state index contributed by atoms with van der Waals surface area (Å²) in [6.45, 7) is 9.41. The van der Waals surface area contributed by atoms with Crippen molar-refractivity contribution in [2.45, 2.75) is 77.0 Å². The third-order valence-electron chi connectivity index (χ3n) is 7.41. The Morgan fingerprint density at radius 2 is 1.59 bits per heavy atom. The summed E-state index contributed by atoms with van der Waals surface area (Å²) in [5.74, 6) is 0.0280. The van der Waals surface area contributed by atoms with Crippen molar-refractivity contribution in [3.8, 4) is 0 Å². The van der Waals surface area contributed by atoms with Crippen LogP contribution in [0.15, 0.2) is 42.5 Å². The summed E-state index contributed by atoms with van der Waals surface area (Å²) in [5.41, 5.74) is 5.34. The van der Waals surface area contributed by atoms with E-state index in [-0.39, 0.29) is 28.6 Å². The minimum atomic E-state index is -0.267. The predicted molar refractivity (Wildman–Crippen MR) is 128 cm³/mol. The number of rotatable bonds is 6. The van der Waals surface area contributed by atoms with Crippen LogP contribution in [-0.2, 0) is 26.8 Å². The zero-order valence-corrected chi connectivity index (χ0v) is 19.8. The van der Waals surface area contributed by atoms with Gasteiger partial charge in [-0.3, -0.25) is 4.79 Å². The van der Waals surface area contributed by atoms with Gasteiger partial charge in [0.05, 0.1) is 12.2 Å². The molecule has 2 aromatic rings. The number of esters is 1. The van der Waals surface area contributed by atoms with E-state index >= 15 is 0 Å². The molecule has 1 amide bonds. The highest BCUT2D eigenvalue weighted by atomic mass is 16.5. The van der Waals surface area contributed by atoms with Gasteiger partial charge in [-0.2, -0.15) is 0 Å². The highest BCUT2D eigenvalue weighted by molar-refractivity contribution is 5.93. The van der Waals surface area contributed by atoms with E-state index < -0.39 is 0 Å². The van der Waals surface area contributed by atoms with Gasteiger partial charge in [0, 0.05) is 18.0 Å². The van der Waals surface area contributed by atoms with E-state index in [0.717, 1.165) is 43.4 Å². The number of hydrogen-bond donors (Lipinski definition) is 1. The van der Waals surface area contributed by atoms with Crippen molar-refractivity contribution >= 4 is 17.6 Å². The smallest absolute Gasteiger partial charge is 0.338 e. The summed E-state index contributed by atoms with van der Waals surface area (Å²) in [6.07, 6.45) is 6.05. The molecule has 0 bridgehead atoms. The molecule has 0 unspecified atom stereocenters. The second-order valence-electron chi connectivity index (χ2n) is 10.7. The summed E-state index contributed by atoms with van der Waals surface area (Å²) in [4.78, 5) is 24.8. The third kappa shape index (κ3) is 4.74. The molecule has 170 valence electrons. The number of fused-ring (bicyclic) bond motifs is 1. The lowest BCUT2D eigenvalue weighted by molar-refractivity contribution is -0.122. The molecule has 1 saturated carbocycles. The van der Waals surface area contributed by atoms with Crippen LogP contribution in [0.4, 0.5) is 5.69 Å². The monoisotopic (exact) mass is 433 g/mol. The maximum Gasteiger partial charge on any atom is 0.338 e. The molecule has 4 heteroatoms. The molecule has 1 fully saturated rings. The molecule has 0 saturated heterocycles. The fourth-order valence-electron chi connectivity index (χ4n) is 4.73. The molecule has 1 N–H and O–H groups in total. The van der Waals surface area contributed by atoms with Crippen LogP contribution in [0.1, 0.15) is 86.8 Å². The Morgan fingerprint density at radius 3 is 2.22 bits per heavy atom. The average molecular weight is 434 g/mol. The molecule has 2 aliphatic carbocycles. The van der Waals surface area contributed by atoms with Crippen molar-refractivity contribution in [3.05, 3.63) is 64.7 Å². The molecule has 0 aliphatic heterocycles. The Bertz CT molecular complexity index is 1000. The molecule has 0 spiro atoms. The Kier molecular flexibility index (Phi) is 6.15. The molecule has 0 radical (unpaired) electrons. The summed E-state index contributed by atoms with van der Waals surface area (Å²) in [5, 5.41) is 2.98. The molecule has 2 aromatic carbocycles. The van der Waals surface area contributed by atoms with Crippen molar-refractivity contribution in [1.29, 1.82) is 0 Å². The van der Waals surface area contributed by atoms with Crippen LogP contribution in [0, 0.1) is 5.92 Å². The second kappa shape index (κ2) is 8.73. The fourth-order valence-corrected chi connectivity index (χ4v) is 4.73. The van der Waals surface area contributed by atoms with Crippen molar-refractivity contribution in [2.24, 2.45) is 5.92 Å². The van der Waals surface area contributed by atoms with E-state index in [4.69, 9.17) is 4.74 Å². The molecule has 0 heterocycles. The molecule has 32 heavy (non-hydrogen) atoms. The summed E-state index contributed by atoms with van der Waals surface area (Å²) in [7, 11) is 0. The van der Waals surface area contributed by atoms with Gasteiger partial charge in [-0.05, 0) is 77.5 Å². The highest BCUT2D eigenvalue weighted by Gasteiger charge is 2.37. The first kappa shape index (κ1) is 22.6. The Hall–Kier alpha value is -2.62. The fraction of sp³-hybridized carbons (Fsp3) is 0.500. The number of anilines is 1. The van der Waals surface area contributed by atoms with Crippen LogP contribution in [0.25, 0.3) is 0 Å². The van der Waals surface area contributed by atoms with Crippen LogP contribution in [0.3, 0.4) is 0 Å². The molecule has 2 aliphatic rings. The van der Waals surface area contributed by atoms with Gasteiger partial charge < -0.3 is 10.1 Å². The first-order valence-corrected chi connectivity index (χ1v) is 11.9. The second-order valence-corrected chi connectivity index (χ2v) is 10.7. The van der Waals surface area contributed by atoms with Crippen LogP contribution in [-0.4, -0.2) is 18.5 Å². The van der Waals surface area contributed by atoms with Crippen molar-refractivity contribution in [2.75, 3.05) is 11.9 Å². The van der Waals surface area contributed by atoms with E-state index in [1.165, 1.54) is 11.1 Å². The number of hydrogen-bond acceptors (Lipinski definition) is 3. The first-order chi connectivity index (χ1) is 15.2. The van der Waals surface area contributed by atoms with Gasteiger partial charge in [0.2, 0.25) is 5.91 Å². The average Bonchev–Trinajstić information content (AvgIpc) is 2.71.